The normalized spacial score (nSPS) is 11.9. The summed E-state index contributed by atoms with van der Waals surface area (Å²) in [6, 6.07) is 14.9. The summed E-state index contributed by atoms with van der Waals surface area (Å²) in [7, 11) is -4.30. The molecule has 110 valence electrons. The van der Waals surface area contributed by atoms with Crippen LogP contribution in [0.25, 0.3) is 0 Å². The maximum atomic E-state index is 14.2. The molecule has 0 aliphatic heterocycles. The molecule has 2 rings (SSSR count). The van der Waals surface area contributed by atoms with E-state index in [9.17, 15) is 17.1 Å². The average molecular weight is 308 g/mol. The minimum absolute atomic E-state index is 0.00875. The Morgan fingerprint density at radius 3 is 1.62 bits per heavy atom. The molecule has 0 fully saturated rings. The predicted molar refractivity (Wildman–Crippen MR) is 75.7 cm³/mol. The second kappa shape index (κ2) is 5.65. The van der Waals surface area contributed by atoms with E-state index in [0.717, 1.165) is 7.11 Å². The summed E-state index contributed by atoms with van der Waals surface area (Å²) in [5, 5.41) is 0. The van der Waals surface area contributed by atoms with Crippen LogP contribution in [0, 0.1) is 0 Å². The molecule has 0 aliphatic carbocycles. The van der Waals surface area contributed by atoms with Crippen molar-refractivity contribution in [3.8, 4) is 0 Å². The summed E-state index contributed by atoms with van der Waals surface area (Å²) in [5.74, 6) is -1.19. The Morgan fingerprint density at radius 1 is 0.952 bits per heavy atom. The van der Waals surface area contributed by atoms with Gasteiger partial charge < -0.3 is 4.74 Å². The van der Waals surface area contributed by atoms with Crippen molar-refractivity contribution in [3.63, 3.8) is 0 Å². The number of esters is 1. The van der Waals surface area contributed by atoms with Gasteiger partial charge in [-0.3, -0.25) is 0 Å². The lowest BCUT2D eigenvalue weighted by Crippen LogP contribution is -2.43. The van der Waals surface area contributed by atoms with Crippen LogP contribution in [-0.4, -0.2) is 21.5 Å². The van der Waals surface area contributed by atoms with Gasteiger partial charge in [-0.2, -0.15) is 8.42 Å². The Morgan fingerprint density at radius 2 is 1.33 bits per heavy atom. The molecule has 4 nitrogen and oxygen atoms in total. The molecule has 0 bridgehead atoms. The molecule has 0 saturated heterocycles. The fourth-order valence-electron chi connectivity index (χ4n) is 2.27. The van der Waals surface area contributed by atoms with E-state index in [1.807, 2.05) is 0 Å². The first-order valence-electron chi connectivity index (χ1n) is 6.08. The molecule has 2 aromatic rings. The Hall–Kier alpha value is -2.21. The Labute approximate surface area is 122 Å². The third-order valence-corrected chi connectivity index (χ3v) is 4.57. The van der Waals surface area contributed by atoms with Gasteiger partial charge in [-0.15, -0.1) is 3.89 Å². The van der Waals surface area contributed by atoms with E-state index in [1.165, 1.54) is 48.5 Å². The van der Waals surface area contributed by atoms with E-state index in [1.54, 1.807) is 12.1 Å². The number of hydrogen-bond acceptors (Lipinski definition) is 4. The number of carbonyl (C=O) groups is 1. The second-order valence-electron chi connectivity index (χ2n) is 4.34. The molecule has 2 aromatic carbocycles. The largest absolute Gasteiger partial charge is 0.467 e. The van der Waals surface area contributed by atoms with Gasteiger partial charge in [0.1, 0.15) is 0 Å². The lowest BCUT2D eigenvalue weighted by Gasteiger charge is -2.27. The summed E-state index contributed by atoms with van der Waals surface area (Å²) >= 11 is 0. The third-order valence-electron chi connectivity index (χ3n) is 3.20. The smallest absolute Gasteiger partial charge is 0.339 e. The zero-order valence-corrected chi connectivity index (χ0v) is 12.0. The maximum absolute atomic E-state index is 14.2. The van der Waals surface area contributed by atoms with Gasteiger partial charge in [0.05, 0.1) is 7.11 Å². The van der Waals surface area contributed by atoms with Crippen LogP contribution in [0.15, 0.2) is 60.7 Å². The highest BCUT2D eigenvalue weighted by atomic mass is 32.3. The van der Waals surface area contributed by atoms with Gasteiger partial charge in [0.15, 0.2) is 0 Å². The monoisotopic (exact) mass is 308 g/mol. The number of ether oxygens (including phenoxy) is 1. The van der Waals surface area contributed by atoms with Crippen LogP contribution in [0.1, 0.15) is 11.1 Å². The lowest BCUT2D eigenvalue weighted by atomic mass is 9.90. The highest BCUT2D eigenvalue weighted by Crippen LogP contribution is 2.40. The molecule has 0 amide bonds. The summed E-state index contributed by atoms with van der Waals surface area (Å²) in [6.07, 6.45) is 0. The molecule has 0 saturated carbocycles. The van der Waals surface area contributed by atoms with E-state index in [2.05, 4.69) is 4.74 Å². The zero-order chi connectivity index (χ0) is 15.5. The Balaban J connectivity index is 2.90. The first kappa shape index (κ1) is 15.2. The molecule has 21 heavy (non-hydrogen) atoms. The van der Waals surface area contributed by atoms with Crippen LogP contribution >= 0.6 is 0 Å². The van der Waals surface area contributed by atoms with E-state index in [0.29, 0.717) is 0 Å². The highest BCUT2D eigenvalue weighted by Gasteiger charge is 2.55. The second-order valence-corrected chi connectivity index (χ2v) is 5.83. The van der Waals surface area contributed by atoms with Gasteiger partial charge in [0.2, 0.25) is 4.75 Å². The molecule has 0 N–H and O–H groups in total. The van der Waals surface area contributed by atoms with Gasteiger partial charge >= 0.3 is 16.2 Å². The standard InChI is InChI=1S/C15H13FO4S/c1-20-14(17)15(21(16,18)19,12-8-4-2-5-9-12)13-10-6-3-7-11-13/h2-11H,1H3. The fraction of sp³-hybridized carbons (Fsp3) is 0.133. The van der Waals surface area contributed by atoms with Crippen molar-refractivity contribution in [1.82, 2.24) is 0 Å². The molecular weight excluding hydrogens is 295 g/mol. The minimum atomic E-state index is -5.32. The third kappa shape index (κ3) is 2.42. The highest BCUT2D eigenvalue weighted by molar-refractivity contribution is 7.88. The quantitative estimate of drug-likeness (QED) is 0.643. The first-order chi connectivity index (χ1) is 9.94. The SMILES string of the molecule is COC(=O)C(c1ccccc1)(c1ccccc1)S(=O)(=O)F. The molecule has 0 unspecified atom stereocenters. The van der Waals surface area contributed by atoms with Gasteiger partial charge in [-0.1, -0.05) is 60.7 Å². The molecule has 0 heterocycles. The van der Waals surface area contributed by atoms with Gasteiger partial charge in [0.25, 0.3) is 0 Å². The van der Waals surface area contributed by atoms with Crippen LogP contribution in [-0.2, 0) is 24.5 Å². The first-order valence-corrected chi connectivity index (χ1v) is 7.46. The van der Waals surface area contributed by atoms with Gasteiger partial charge in [-0.25, -0.2) is 4.79 Å². The van der Waals surface area contributed by atoms with E-state index in [-0.39, 0.29) is 11.1 Å². The predicted octanol–water partition coefficient (Wildman–Crippen LogP) is 2.40. The van der Waals surface area contributed by atoms with Crippen molar-refractivity contribution in [1.29, 1.82) is 0 Å². The van der Waals surface area contributed by atoms with Crippen LogP contribution in [0.3, 0.4) is 0 Å². The molecule has 0 spiro atoms. The summed E-state index contributed by atoms with van der Waals surface area (Å²) in [6.45, 7) is 0. The van der Waals surface area contributed by atoms with Gasteiger partial charge in [0, 0.05) is 0 Å². The Bertz CT molecular complexity index is 687. The topological polar surface area (TPSA) is 60.4 Å². The summed E-state index contributed by atoms with van der Waals surface area (Å²) < 4.78 is 40.0. The maximum Gasteiger partial charge on any atom is 0.339 e. The van der Waals surface area contributed by atoms with Crippen molar-refractivity contribution >= 4 is 16.2 Å². The molecule has 6 heteroatoms. The molecule has 0 radical (unpaired) electrons. The number of carbonyl (C=O) groups excluding carboxylic acids is 1. The van der Waals surface area contributed by atoms with Crippen molar-refractivity contribution < 1.29 is 21.8 Å². The number of halogens is 1. The molecule has 0 aliphatic rings. The van der Waals surface area contributed by atoms with E-state index >= 15 is 0 Å². The van der Waals surface area contributed by atoms with Crippen molar-refractivity contribution in [2.75, 3.05) is 7.11 Å². The molecule has 0 aromatic heterocycles. The lowest BCUT2D eigenvalue weighted by molar-refractivity contribution is -0.142. The van der Waals surface area contributed by atoms with Crippen LogP contribution in [0.2, 0.25) is 0 Å². The number of methoxy groups -OCH3 is 1. The minimum Gasteiger partial charge on any atom is -0.467 e. The Kier molecular flexibility index (Phi) is 4.09. The van der Waals surface area contributed by atoms with E-state index in [4.69, 9.17) is 0 Å². The fourth-order valence-corrected chi connectivity index (χ4v) is 3.39. The molecule has 0 atom stereocenters. The van der Waals surface area contributed by atoms with E-state index < -0.39 is 20.9 Å². The van der Waals surface area contributed by atoms with Crippen molar-refractivity contribution in [2.45, 2.75) is 4.75 Å². The number of rotatable bonds is 4. The summed E-state index contributed by atoms with van der Waals surface area (Å²) in [4.78, 5) is 12.2. The zero-order valence-electron chi connectivity index (χ0n) is 11.2. The van der Waals surface area contributed by atoms with Gasteiger partial charge in [-0.05, 0) is 11.1 Å². The number of hydrogen-bond donors (Lipinski definition) is 0. The van der Waals surface area contributed by atoms with Crippen LogP contribution < -0.4 is 0 Å². The van der Waals surface area contributed by atoms with Crippen LogP contribution in [0.4, 0.5) is 3.89 Å². The molecular formula is C15H13FO4S. The van der Waals surface area contributed by atoms with Crippen molar-refractivity contribution in [2.24, 2.45) is 0 Å². The van der Waals surface area contributed by atoms with Crippen LogP contribution in [0.5, 0.6) is 0 Å². The van der Waals surface area contributed by atoms with Crippen molar-refractivity contribution in [3.05, 3.63) is 71.8 Å². The summed E-state index contributed by atoms with van der Waals surface area (Å²) in [5.41, 5.74) is -0.0175. The number of benzene rings is 2. The average Bonchev–Trinajstić information content (AvgIpc) is 2.48.